The molecule has 2 saturated heterocycles. The van der Waals surface area contributed by atoms with E-state index in [9.17, 15) is 40.5 Å². The van der Waals surface area contributed by atoms with E-state index in [1.54, 1.807) is 44.2 Å². The Morgan fingerprint density at radius 2 is 1.66 bits per heavy atom. The number of ether oxygens (including phenoxy) is 5. The van der Waals surface area contributed by atoms with Gasteiger partial charge in [0, 0.05) is 6.08 Å². The number of phenolic OH excluding ortho intramolecular Hbond substituents is 1. The van der Waals surface area contributed by atoms with E-state index in [0.717, 1.165) is 11.6 Å². The number of benzene rings is 1. The van der Waals surface area contributed by atoms with Crippen LogP contribution in [0.5, 0.6) is 5.75 Å². The number of esters is 1. The molecule has 2 heterocycles. The summed E-state index contributed by atoms with van der Waals surface area (Å²) in [5.74, 6) is -0.829. The average Bonchev–Trinajstić information content (AvgIpc) is 2.96. The van der Waals surface area contributed by atoms with Gasteiger partial charge in [0.05, 0.1) is 24.9 Å². The van der Waals surface area contributed by atoms with E-state index in [1.165, 1.54) is 25.1 Å². The van der Waals surface area contributed by atoms with Crippen molar-refractivity contribution in [2.45, 2.75) is 101 Å². The molecule has 0 bridgehead atoms. The third-order valence-corrected chi connectivity index (χ3v) is 7.11. The summed E-state index contributed by atoms with van der Waals surface area (Å²) >= 11 is 0. The monoisotopic (exact) mass is 624 g/mol. The fourth-order valence-electron chi connectivity index (χ4n) is 4.58. The minimum Gasteiger partial charge on any atom is -0.508 e. The predicted octanol–water partition coefficient (Wildman–Crippen LogP) is 0.288. The molecule has 10 atom stereocenters. The van der Waals surface area contributed by atoms with Gasteiger partial charge in [0.15, 0.2) is 18.7 Å². The van der Waals surface area contributed by atoms with Crippen LogP contribution < -0.4 is 0 Å². The zero-order valence-corrected chi connectivity index (χ0v) is 25.2. The smallest absolute Gasteiger partial charge is 0.331 e. The maximum absolute atomic E-state index is 12.8. The van der Waals surface area contributed by atoms with Crippen LogP contribution in [0, 0.1) is 0 Å². The van der Waals surface area contributed by atoms with Crippen molar-refractivity contribution < 1.29 is 64.2 Å². The Kier molecular flexibility index (Phi) is 13.0. The fraction of sp³-hybridized carbons (Fsp3) is 0.581. The highest BCUT2D eigenvalue weighted by Crippen LogP contribution is 2.31. The number of carbonyl (C=O) groups is 1. The van der Waals surface area contributed by atoms with E-state index in [0.29, 0.717) is 12.0 Å². The maximum atomic E-state index is 12.8. The van der Waals surface area contributed by atoms with Gasteiger partial charge in [0.2, 0.25) is 0 Å². The molecule has 3 rings (SSSR count). The van der Waals surface area contributed by atoms with Crippen LogP contribution in [-0.4, -0.2) is 122 Å². The Morgan fingerprint density at radius 1 is 0.977 bits per heavy atom. The normalized spacial score (nSPS) is 33.6. The molecule has 13 heteroatoms. The molecule has 246 valence electrons. The lowest BCUT2D eigenvalue weighted by Gasteiger charge is -2.46. The first-order valence-electron chi connectivity index (χ1n) is 14.3. The lowest BCUT2D eigenvalue weighted by atomic mass is 9.97. The summed E-state index contributed by atoms with van der Waals surface area (Å²) in [6.45, 7) is 5.92. The Hall–Kier alpha value is -2.69. The fourth-order valence-corrected chi connectivity index (χ4v) is 4.58. The van der Waals surface area contributed by atoms with Crippen LogP contribution >= 0.6 is 0 Å². The number of hydrogen-bond acceptors (Lipinski definition) is 13. The van der Waals surface area contributed by atoms with Crippen molar-refractivity contribution in [2.24, 2.45) is 0 Å². The number of hydrogen-bond donors (Lipinski definition) is 7. The van der Waals surface area contributed by atoms with Crippen molar-refractivity contribution in [1.82, 2.24) is 0 Å². The topological polar surface area (TPSA) is 205 Å². The minimum atomic E-state index is -1.73. The highest BCUT2D eigenvalue weighted by molar-refractivity contribution is 5.87. The van der Waals surface area contributed by atoms with Gasteiger partial charge in [-0.15, -0.1) is 0 Å². The van der Waals surface area contributed by atoms with Crippen LogP contribution in [-0.2, 0) is 28.5 Å². The molecule has 0 unspecified atom stereocenters. The van der Waals surface area contributed by atoms with E-state index in [2.05, 4.69) is 0 Å². The lowest BCUT2D eigenvalue weighted by Crippen LogP contribution is -2.65. The third kappa shape index (κ3) is 10.2. The Balaban J connectivity index is 1.78. The van der Waals surface area contributed by atoms with Gasteiger partial charge in [-0.1, -0.05) is 35.9 Å². The summed E-state index contributed by atoms with van der Waals surface area (Å²) in [6.07, 6.45) is -6.16. The van der Waals surface area contributed by atoms with Gasteiger partial charge in [0.1, 0.15) is 42.4 Å². The summed E-state index contributed by atoms with van der Waals surface area (Å²) in [5, 5.41) is 71.5. The van der Waals surface area contributed by atoms with Crippen molar-refractivity contribution in [3.05, 3.63) is 59.7 Å². The van der Waals surface area contributed by atoms with E-state index in [4.69, 9.17) is 23.7 Å². The highest BCUT2D eigenvalue weighted by atomic mass is 16.7. The van der Waals surface area contributed by atoms with Gasteiger partial charge in [-0.05, 0) is 57.9 Å². The van der Waals surface area contributed by atoms with Gasteiger partial charge in [-0.25, -0.2) is 4.79 Å². The summed E-state index contributed by atoms with van der Waals surface area (Å²) in [6, 6.07) is 6.01. The highest BCUT2D eigenvalue weighted by Gasteiger charge is 2.52. The van der Waals surface area contributed by atoms with Crippen LogP contribution in [0.1, 0.15) is 39.7 Å². The molecule has 44 heavy (non-hydrogen) atoms. The molecular formula is C31H44O13. The van der Waals surface area contributed by atoms with E-state index in [-0.39, 0.29) is 12.4 Å². The number of aliphatic hydroxyl groups excluding tert-OH is 5. The number of aromatic hydroxyl groups is 1. The number of aliphatic hydroxyl groups is 6. The number of rotatable bonds is 12. The molecule has 2 aliphatic heterocycles. The Bertz CT molecular complexity index is 1140. The van der Waals surface area contributed by atoms with E-state index in [1.807, 2.05) is 6.92 Å². The van der Waals surface area contributed by atoms with Gasteiger partial charge in [-0.2, -0.15) is 0 Å². The van der Waals surface area contributed by atoms with Gasteiger partial charge in [-0.3, -0.25) is 0 Å². The number of allylic oxidation sites excluding steroid dienone is 2. The maximum Gasteiger partial charge on any atom is 0.331 e. The second-order valence-electron chi connectivity index (χ2n) is 11.5. The largest absolute Gasteiger partial charge is 0.508 e. The van der Waals surface area contributed by atoms with Crippen molar-refractivity contribution >= 4 is 12.0 Å². The second-order valence-corrected chi connectivity index (χ2v) is 11.5. The lowest BCUT2D eigenvalue weighted by molar-refractivity contribution is -0.356. The first-order valence-corrected chi connectivity index (χ1v) is 14.3. The zero-order valence-electron chi connectivity index (χ0n) is 25.2. The molecule has 0 aromatic heterocycles. The Morgan fingerprint density at radius 3 is 2.30 bits per heavy atom. The quantitative estimate of drug-likeness (QED) is 0.0950. The van der Waals surface area contributed by atoms with E-state index >= 15 is 0 Å². The number of phenols is 1. The van der Waals surface area contributed by atoms with Crippen molar-refractivity contribution in [3.63, 3.8) is 0 Å². The molecule has 13 nitrogen and oxygen atoms in total. The molecule has 2 fully saturated rings. The Labute approximate surface area is 256 Å². The van der Waals surface area contributed by atoms with Crippen LogP contribution in [0.3, 0.4) is 0 Å². The summed E-state index contributed by atoms with van der Waals surface area (Å²) in [7, 11) is 0. The number of carbonyl (C=O) groups excluding carboxylic acids is 1. The molecule has 0 radical (unpaired) electrons. The third-order valence-electron chi connectivity index (χ3n) is 7.11. The predicted molar refractivity (Wildman–Crippen MR) is 156 cm³/mol. The van der Waals surface area contributed by atoms with Crippen LogP contribution in [0.4, 0.5) is 0 Å². The first-order chi connectivity index (χ1) is 20.7. The average molecular weight is 625 g/mol. The summed E-state index contributed by atoms with van der Waals surface area (Å²) in [5.41, 5.74) is 0.530. The van der Waals surface area contributed by atoms with Crippen LogP contribution in [0.25, 0.3) is 6.08 Å². The van der Waals surface area contributed by atoms with Gasteiger partial charge >= 0.3 is 5.97 Å². The molecule has 0 saturated carbocycles. The van der Waals surface area contributed by atoms with Gasteiger partial charge in [0.25, 0.3) is 0 Å². The van der Waals surface area contributed by atoms with Crippen LogP contribution in [0.15, 0.2) is 54.1 Å². The molecule has 2 aliphatic rings. The molecular weight excluding hydrogens is 580 g/mol. The second kappa shape index (κ2) is 16.0. The standard InChI is InChI=1S/C31H44O13/c1-17(6-5-14-31(3,4)39)13-15-40-29-26(38)28(44-30-25(37)24(36)23(35)18(2)41-30)27(21(16-32)42-29)43-22(34)12-9-19-7-10-20(33)11-8-19/h5,7-14,18,21,23-30,32-33,35-39H,6,15-16H2,1-4H3/b12-9+,14-5+,17-13+/t18-,21+,23-,24+,25+,26+,27-,28+,29+,30-/m0/s1. The van der Waals surface area contributed by atoms with Crippen molar-refractivity contribution in [3.8, 4) is 5.75 Å². The SMILES string of the molecule is C/C(=C\CO[C@@H]1O[C@H](CO)[C@H](OC(=O)/C=C/c2ccc(O)cc2)[C@H](O[C@@H]2O[C@@H](C)[C@H](O)[C@@H](O)[C@H]2O)[C@H]1O)C/C=C/C(C)(C)O. The molecule has 1 aromatic rings. The van der Waals surface area contributed by atoms with E-state index < -0.39 is 79.6 Å². The van der Waals surface area contributed by atoms with Crippen molar-refractivity contribution in [1.29, 1.82) is 0 Å². The molecule has 0 spiro atoms. The minimum absolute atomic E-state index is 0.0148. The van der Waals surface area contributed by atoms with Gasteiger partial charge < -0.3 is 59.4 Å². The van der Waals surface area contributed by atoms with Crippen LogP contribution in [0.2, 0.25) is 0 Å². The van der Waals surface area contributed by atoms with Crippen molar-refractivity contribution in [2.75, 3.05) is 13.2 Å². The summed E-state index contributed by atoms with van der Waals surface area (Å²) in [4.78, 5) is 12.8. The molecule has 7 N–H and O–H groups in total. The molecule has 0 amide bonds. The molecule has 0 aliphatic carbocycles. The summed E-state index contributed by atoms with van der Waals surface area (Å²) < 4.78 is 28.4. The zero-order chi connectivity index (χ0) is 32.6. The first kappa shape index (κ1) is 35.8. The molecule has 1 aromatic carbocycles.